The van der Waals surface area contributed by atoms with E-state index in [-0.39, 0.29) is 0 Å². The van der Waals surface area contributed by atoms with Crippen LogP contribution in [0.15, 0.2) is 42.6 Å². The van der Waals surface area contributed by atoms with Gasteiger partial charge in [-0.05, 0) is 48.9 Å². The molecule has 1 aromatic carbocycles. The predicted octanol–water partition coefficient (Wildman–Crippen LogP) is 2.72. The van der Waals surface area contributed by atoms with Gasteiger partial charge in [0.2, 0.25) is 0 Å². The van der Waals surface area contributed by atoms with Gasteiger partial charge in [0, 0.05) is 31.4 Å². The van der Waals surface area contributed by atoms with Gasteiger partial charge in [-0.15, -0.1) is 5.10 Å². The summed E-state index contributed by atoms with van der Waals surface area (Å²) in [5, 5.41) is 12.1. The molecular weight excluding hydrogens is 272 g/mol. The molecule has 2 heterocycles. The molecule has 1 aromatic heterocycles. The minimum absolute atomic E-state index is 0.517. The van der Waals surface area contributed by atoms with Crippen molar-refractivity contribution >= 4 is 5.82 Å². The number of aromatic nitrogens is 2. The maximum atomic E-state index is 4.25. The zero-order valence-corrected chi connectivity index (χ0v) is 12.8. The van der Waals surface area contributed by atoms with Gasteiger partial charge in [0.05, 0.1) is 0 Å². The zero-order valence-electron chi connectivity index (χ0n) is 12.8. The molecule has 2 aromatic rings. The first-order chi connectivity index (χ1) is 10.9. The van der Waals surface area contributed by atoms with Gasteiger partial charge < -0.3 is 10.2 Å². The van der Waals surface area contributed by atoms with Crippen LogP contribution in [0, 0.1) is 0 Å². The second-order valence-electron chi connectivity index (χ2n) is 6.32. The van der Waals surface area contributed by atoms with Crippen LogP contribution in [-0.4, -0.2) is 29.3 Å². The van der Waals surface area contributed by atoms with Crippen molar-refractivity contribution in [3.05, 3.63) is 53.7 Å². The van der Waals surface area contributed by atoms with Crippen LogP contribution in [0.3, 0.4) is 0 Å². The Hall–Kier alpha value is -1.94. The average molecular weight is 294 g/mol. The molecule has 0 bridgehead atoms. The summed E-state index contributed by atoms with van der Waals surface area (Å²) in [6.07, 6.45) is 6.62. The van der Waals surface area contributed by atoms with Crippen molar-refractivity contribution in [3.8, 4) is 0 Å². The van der Waals surface area contributed by atoms with Gasteiger partial charge in [-0.25, -0.2) is 0 Å². The van der Waals surface area contributed by atoms with E-state index in [2.05, 4.69) is 50.7 Å². The van der Waals surface area contributed by atoms with Crippen LogP contribution in [0.5, 0.6) is 0 Å². The van der Waals surface area contributed by atoms with Gasteiger partial charge in [-0.1, -0.05) is 24.3 Å². The van der Waals surface area contributed by atoms with Crippen LogP contribution in [0.25, 0.3) is 0 Å². The van der Waals surface area contributed by atoms with Crippen molar-refractivity contribution in [1.29, 1.82) is 0 Å². The average Bonchev–Trinajstić information content (AvgIpc) is 2.99. The zero-order chi connectivity index (χ0) is 14.8. The van der Waals surface area contributed by atoms with E-state index in [9.17, 15) is 0 Å². The topological polar surface area (TPSA) is 41.1 Å². The molecule has 0 saturated carbocycles. The van der Waals surface area contributed by atoms with Crippen LogP contribution in [0.1, 0.15) is 36.4 Å². The SMILES string of the molecule is c1cnnc(N2CCCC(NC3CCc4ccccc43)C2)c1. The lowest BCUT2D eigenvalue weighted by Crippen LogP contribution is -2.47. The number of benzene rings is 1. The fourth-order valence-electron chi connectivity index (χ4n) is 3.80. The molecule has 0 radical (unpaired) electrons. The first kappa shape index (κ1) is 13.7. The number of aryl methyl sites for hydroxylation is 1. The highest BCUT2D eigenvalue weighted by atomic mass is 15.3. The molecule has 1 N–H and O–H groups in total. The molecule has 1 fully saturated rings. The molecule has 4 rings (SSSR count). The van der Waals surface area contributed by atoms with Gasteiger partial charge >= 0.3 is 0 Å². The maximum absolute atomic E-state index is 4.25. The fraction of sp³-hybridized carbons (Fsp3) is 0.444. The number of nitrogens with one attached hydrogen (secondary N) is 1. The number of fused-ring (bicyclic) bond motifs is 1. The van der Waals surface area contributed by atoms with Crippen molar-refractivity contribution in [1.82, 2.24) is 15.5 Å². The van der Waals surface area contributed by atoms with E-state index in [4.69, 9.17) is 0 Å². The number of hydrogen-bond acceptors (Lipinski definition) is 4. The molecule has 2 atom stereocenters. The lowest BCUT2D eigenvalue weighted by atomic mass is 10.0. The molecule has 0 amide bonds. The van der Waals surface area contributed by atoms with Gasteiger partial charge in [0.1, 0.15) is 0 Å². The van der Waals surface area contributed by atoms with Gasteiger partial charge in [-0.2, -0.15) is 5.10 Å². The van der Waals surface area contributed by atoms with Crippen LogP contribution in [0.2, 0.25) is 0 Å². The summed E-state index contributed by atoms with van der Waals surface area (Å²) < 4.78 is 0. The molecule has 2 unspecified atom stereocenters. The monoisotopic (exact) mass is 294 g/mol. The molecule has 22 heavy (non-hydrogen) atoms. The van der Waals surface area contributed by atoms with E-state index < -0.39 is 0 Å². The van der Waals surface area contributed by atoms with Crippen molar-refractivity contribution in [3.63, 3.8) is 0 Å². The summed E-state index contributed by atoms with van der Waals surface area (Å²) in [7, 11) is 0. The molecule has 0 spiro atoms. The highest BCUT2D eigenvalue weighted by molar-refractivity contribution is 5.38. The Bertz CT molecular complexity index is 628. The van der Waals surface area contributed by atoms with E-state index >= 15 is 0 Å². The Kier molecular flexibility index (Phi) is 3.77. The van der Waals surface area contributed by atoms with E-state index in [0.717, 1.165) is 18.9 Å². The van der Waals surface area contributed by atoms with E-state index in [0.29, 0.717) is 12.1 Å². The van der Waals surface area contributed by atoms with Crippen LogP contribution < -0.4 is 10.2 Å². The molecule has 1 saturated heterocycles. The van der Waals surface area contributed by atoms with Crippen LogP contribution in [0.4, 0.5) is 5.82 Å². The Labute approximate surface area is 131 Å². The summed E-state index contributed by atoms with van der Waals surface area (Å²) in [6, 6.07) is 13.9. The fourth-order valence-corrected chi connectivity index (χ4v) is 3.80. The highest BCUT2D eigenvalue weighted by Gasteiger charge is 2.27. The highest BCUT2D eigenvalue weighted by Crippen LogP contribution is 2.32. The Morgan fingerprint density at radius 3 is 2.95 bits per heavy atom. The third-order valence-electron chi connectivity index (χ3n) is 4.87. The van der Waals surface area contributed by atoms with Crippen molar-refractivity contribution in [2.45, 2.75) is 37.8 Å². The van der Waals surface area contributed by atoms with Crippen LogP contribution in [-0.2, 0) is 6.42 Å². The van der Waals surface area contributed by atoms with Gasteiger partial charge in [-0.3, -0.25) is 0 Å². The molecule has 114 valence electrons. The number of nitrogens with zero attached hydrogens (tertiary/aromatic N) is 3. The smallest absolute Gasteiger partial charge is 0.151 e. The quantitative estimate of drug-likeness (QED) is 0.945. The maximum Gasteiger partial charge on any atom is 0.151 e. The Balaban J connectivity index is 1.44. The Morgan fingerprint density at radius 2 is 2.05 bits per heavy atom. The lowest BCUT2D eigenvalue weighted by Gasteiger charge is -2.35. The number of piperidine rings is 1. The normalized spacial score (nSPS) is 24.3. The van der Waals surface area contributed by atoms with E-state index in [1.165, 1.54) is 36.8 Å². The molecule has 4 heteroatoms. The van der Waals surface area contributed by atoms with Gasteiger partial charge in [0.25, 0.3) is 0 Å². The summed E-state index contributed by atoms with van der Waals surface area (Å²) in [5.74, 6) is 1.00. The largest absolute Gasteiger partial charge is 0.354 e. The molecule has 2 aliphatic rings. The van der Waals surface area contributed by atoms with Gasteiger partial charge in [0.15, 0.2) is 5.82 Å². The second-order valence-corrected chi connectivity index (χ2v) is 6.32. The Morgan fingerprint density at radius 1 is 1.09 bits per heavy atom. The number of anilines is 1. The standard InChI is InChI=1S/C18H22N4/c1-2-7-16-14(5-1)9-10-17(16)20-15-6-4-12-22(13-15)18-8-3-11-19-21-18/h1-3,5,7-8,11,15,17,20H,4,6,9-10,12-13H2. The van der Waals surface area contributed by atoms with E-state index in [1.807, 2.05) is 6.07 Å². The first-order valence-corrected chi connectivity index (χ1v) is 8.26. The summed E-state index contributed by atoms with van der Waals surface area (Å²) in [5.41, 5.74) is 3.01. The summed E-state index contributed by atoms with van der Waals surface area (Å²) >= 11 is 0. The van der Waals surface area contributed by atoms with Crippen molar-refractivity contribution in [2.75, 3.05) is 18.0 Å². The van der Waals surface area contributed by atoms with Crippen LogP contribution >= 0.6 is 0 Å². The number of hydrogen-bond donors (Lipinski definition) is 1. The summed E-state index contributed by atoms with van der Waals surface area (Å²) in [4.78, 5) is 2.36. The van der Waals surface area contributed by atoms with Crippen molar-refractivity contribution in [2.24, 2.45) is 0 Å². The van der Waals surface area contributed by atoms with Crippen molar-refractivity contribution < 1.29 is 0 Å². The first-order valence-electron chi connectivity index (χ1n) is 8.26. The third kappa shape index (κ3) is 2.71. The number of rotatable bonds is 3. The molecule has 1 aliphatic heterocycles. The minimum atomic E-state index is 0.517. The molecule has 1 aliphatic carbocycles. The predicted molar refractivity (Wildman–Crippen MR) is 87.9 cm³/mol. The molecule has 4 nitrogen and oxygen atoms in total. The lowest BCUT2D eigenvalue weighted by molar-refractivity contribution is 0.374. The third-order valence-corrected chi connectivity index (χ3v) is 4.87. The molecular formula is C18H22N4. The van der Waals surface area contributed by atoms with E-state index in [1.54, 1.807) is 6.20 Å². The minimum Gasteiger partial charge on any atom is -0.354 e. The summed E-state index contributed by atoms with van der Waals surface area (Å²) in [6.45, 7) is 2.11. The second kappa shape index (κ2) is 6.05.